The van der Waals surface area contributed by atoms with Crippen LogP contribution in [0.15, 0.2) is 12.2 Å². The van der Waals surface area contributed by atoms with E-state index in [0.29, 0.717) is 30.3 Å². The van der Waals surface area contributed by atoms with Crippen molar-refractivity contribution in [1.29, 1.82) is 0 Å². The second-order valence-corrected chi connectivity index (χ2v) is 16.4. The molecule has 0 heterocycles. The fraction of sp³-hybridized carbons (Fsp3) is 0.861. The maximum absolute atomic E-state index is 12.0. The second kappa shape index (κ2) is 10.6. The molecule has 5 saturated carbocycles. The first kappa shape index (κ1) is 31.6. The van der Waals surface area contributed by atoms with E-state index in [-0.39, 0.29) is 63.6 Å². The lowest BCUT2D eigenvalue weighted by molar-refractivity contribution is -0.252. The van der Waals surface area contributed by atoms with Gasteiger partial charge in [-0.2, -0.15) is 0 Å². The number of hydrogen-bond acceptors (Lipinski definition) is 6. The third-order valence-electron chi connectivity index (χ3n) is 14.4. The molecule has 42 heavy (non-hydrogen) atoms. The van der Waals surface area contributed by atoms with Crippen LogP contribution in [-0.2, 0) is 28.6 Å². The lowest BCUT2D eigenvalue weighted by atomic mass is 9.32. The van der Waals surface area contributed by atoms with Crippen molar-refractivity contribution in [1.82, 2.24) is 0 Å². The van der Waals surface area contributed by atoms with E-state index in [9.17, 15) is 14.4 Å². The molecule has 5 rings (SSSR count). The SMILES string of the molecule is C=C(COC(C)=O)[C@@H]1CC[C@]2(COC(C)=O)CC[C@]3(C)[C@H](CC[C@@H]4[C@@]5(C)CC[C@H](OC(C)=O)C(C)(C)[C@@H]5CC[C@]43C)[C@@H]12. The summed E-state index contributed by atoms with van der Waals surface area (Å²) in [7, 11) is 0. The van der Waals surface area contributed by atoms with Crippen LogP contribution in [0.3, 0.4) is 0 Å². The molecule has 5 aliphatic carbocycles. The molecule has 0 aromatic carbocycles. The lowest BCUT2D eigenvalue weighted by Crippen LogP contribution is -2.67. The molecule has 0 saturated heterocycles. The van der Waals surface area contributed by atoms with Gasteiger partial charge in [0.15, 0.2) is 0 Å². The molecule has 5 fully saturated rings. The Kier molecular flexibility index (Phi) is 8.00. The minimum absolute atomic E-state index is 0.0107. The van der Waals surface area contributed by atoms with E-state index in [1.165, 1.54) is 39.5 Å². The maximum Gasteiger partial charge on any atom is 0.302 e. The molecule has 0 spiro atoms. The van der Waals surface area contributed by atoms with Gasteiger partial charge in [-0.05, 0) is 116 Å². The molecule has 0 aromatic heterocycles. The minimum Gasteiger partial charge on any atom is -0.465 e. The summed E-state index contributed by atoms with van der Waals surface area (Å²) in [6.07, 6.45) is 11.1. The highest BCUT2D eigenvalue weighted by Gasteiger charge is 2.71. The topological polar surface area (TPSA) is 78.9 Å². The predicted molar refractivity (Wildman–Crippen MR) is 162 cm³/mol. The number of fused-ring (bicyclic) bond motifs is 7. The molecule has 0 N–H and O–H groups in total. The van der Waals surface area contributed by atoms with Crippen LogP contribution in [0.2, 0.25) is 0 Å². The third-order valence-corrected chi connectivity index (χ3v) is 14.4. The van der Waals surface area contributed by atoms with Gasteiger partial charge in [0.1, 0.15) is 12.7 Å². The number of esters is 3. The molecule has 10 atom stereocenters. The molecular weight excluding hydrogens is 528 g/mol. The smallest absolute Gasteiger partial charge is 0.302 e. The fourth-order valence-electron chi connectivity index (χ4n) is 12.4. The first-order valence-corrected chi connectivity index (χ1v) is 16.6. The summed E-state index contributed by atoms with van der Waals surface area (Å²) in [6, 6.07) is 0. The average Bonchev–Trinajstić information content (AvgIpc) is 3.28. The Bertz CT molecular complexity index is 1130. The molecule has 0 aliphatic heterocycles. The van der Waals surface area contributed by atoms with E-state index in [1.54, 1.807) is 6.92 Å². The highest BCUT2D eigenvalue weighted by Crippen LogP contribution is 2.77. The second-order valence-electron chi connectivity index (χ2n) is 16.4. The highest BCUT2D eigenvalue weighted by atomic mass is 16.5. The van der Waals surface area contributed by atoms with Gasteiger partial charge in [-0.25, -0.2) is 0 Å². The van der Waals surface area contributed by atoms with E-state index in [0.717, 1.165) is 44.1 Å². The van der Waals surface area contributed by atoms with E-state index in [2.05, 4.69) is 41.2 Å². The molecule has 6 heteroatoms. The molecular formula is C36H56O6. The van der Waals surface area contributed by atoms with Crippen LogP contribution in [0.25, 0.3) is 0 Å². The molecule has 0 unspecified atom stereocenters. The molecule has 0 radical (unpaired) electrons. The van der Waals surface area contributed by atoms with Gasteiger partial charge in [0, 0.05) is 31.6 Å². The van der Waals surface area contributed by atoms with Gasteiger partial charge in [0.25, 0.3) is 0 Å². The number of ether oxygens (including phenoxy) is 3. The quantitative estimate of drug-likeness (QED) is 0.181. The van der Waals surface area contributed by atoms with E-state index >= 15 is 0 Å². The summed E-state index contributed by atoms with van der Waals surface area (Å²) < 4.78 is 17.2. The van der Waals surface area contributed by atoms with Gasteiger partial charge in [0.2, 0.25) is 0 Å². The predicted octanol–water partition coefficient (Wildman–Crippen LogP) is 7.68. The number of rotatable bonds is 6. The van der Waals surface area contributed by atoms with Crippen molar-refractivity contribution in [3.63, 3.8) is 0 Å². The standard InChI is InChI=1S/C36H56O6/c1-22(20-40-23(2)37)26-12-17-36(21-41-24(3)38)19-18-34(8)27(31(26)36)10-11-29-33(7)15-14-30(42-25(4)39)32(5,6)28(33)13-16-35(29,34)9/h26-31H,1,10-21H2,2-9H3/t26-,27+,28-,29+,30-,31+,33-,34+,35+,36+/m0/s1. The molecule has 236 valence electrons. The first-order valence-electron chi connectivity index (χ1n) is 16.6. The van der Waals surface area contributed by atoms with Crippen molar-refractivity contribution in [2.24, 2.45) is 56.7 Å². The van der Waals surface area contributed by atoms with Crippen molar-refractivity contribution in [3.05, 3.63) is 12.2 Å². The Labute approximate surface area is 254 Å². The number of carbonyl (C=O) groups is 3. The van der Waals surface area contributed by atoms with E-state index in [4.69, 9.17) is 14.2 Å². The van der Waals surface area contributed by atoms with E-state index < -0.39 is 0 Å². The van der Waals surface area contributed by atoms with Crippen LogP contribution in [0.1, 0.15) is 120 Å². The van der Waals surface area contributed by atoms with Gasteiger partial charge < -0.3 is 14.2 Å². The summed E-state index contributed by atoms with van der Waals surface area (Å²) in [5.41, 5.74) is 1.51. The number of carbonyl (C=O) groups excluding carboxylic acids is 3. The zero-order valence-electron chi connectivity index (χ0n) is 27.6. The zero-order valence-corrected chi connectivity index (χ0v) is 27.6. The normalized spacial score (nSPS) is 45.3. The Morgan fingerprint density at radius 3 is 2.05 bits per heavy atom. The Morgan fingerprint density at radius 2 is 1.40 bits per heavy atom. The largest absolute Gasteiger partial charge is 0.465 e. The van der Waals surface area contributed by atoms with Crippen LogP contribution >= 0.6 is 0 Å². The molecule has 6 nitrogen and oxygen atoms in total. The Morgan fingerprint density at radius 1 is 0.714 bits per heavy atom. The fourth-order valence-corrected chi connectivity index (χ4v) is 12.4. The van der Waals surface area contributed by atoms with Crippen molar-refractivity contribution >= 4 is 17.9 Å². The van der Waals surface area contributed by atoms with Gasteiger partial charge in [-0.1, -0.05) is 41.2 Å². The maximum atomic E-state index is 12.0. The van der Waals surface area contributed by atoms with Crippen molar-refractivity contribution in [2.45, 2.75) is 126 Å². The van der Waals surface area contributed by atoms with Crippen LogP contribution in [0.4, 0.5) is 0 Å². The highest BCUT2D eigenvalue weighted by molar-refractivity contribution is 5.66. The van der Waals surface area contributed by atoms with Crippen molar-refractivity contribution in [3.8, 4) is 0 Å². The summed E-state index contributed by atoms with van der Waals surface area (Å²) in [5, 5.41) is 0. The van der Waals surface area contributed by atoms with Crippen molar-refractivity contribution in [2.75, 3.05) is 13.2 Å². The minimum atomic E-state index is -0.266. The average molecular weight is 585 g/mol. The first-order chi connectivity index (χ1) is 19.5. The number of hydrogen-bond donors (Lipinski definition) is 0. The monoisotopic (exact) mass is 584 g/mol. The van der Waals surface area contributed by atoms with Gasteiger partial charge in [0.05, 0.1) is 6.61 Å². The molecule has 5 aliphatic rings. The zero-order chi connectivity index (χ0) is 30.9. The van der Waals surface area contributed by atoms with Crippen LogP contribution in [-0.4, -0.2) is 37.2 Å². The molecule has 0 amide bonds. The van der Waals surface area contributed by atoms with Gasteiger partial charge >= 0.3 is 17.9 Å². The van der Waals surface area contributed by atoms with Crippen LogP contribution in [0.5, 0.6) is 0 Å². The van der Waals surface area contributed by atoms with Gasteiger partial charge in [-0.15, -0.1) is 0 Å². The summed E-state index contributed by atoms with van der Waals surface area (Å²) in [6.45, 7) is 22.3. The van der Waals surface area contributed by atoms with Crippen LogP contribution in [0, 0.1) is 56.7 Å². The summed E-state index contributed by atoms with van der Waals surface area (Å²) in [5.74, 6) is 1.67. The van der Waals surface area contributed by atoms with Crippen molar-refractivity contribution < 1.29 is 28.6 Å². The summed E-state index contributed by atoms with van der Waals surface area (Å²) in [4.78, 5) is 35.7. The van der Waals surface area contributed by atoms with Crippen LogP contribution < -0.4 is 0 Å². The van der Waals surface area contributed by atoms with Gasteiger partial charge in [-0.3, -0.25) is 14.4 Å². The Balaban J connectivity index is 1.48. The summed E-state index contributed by atoms with van der Waals surface area (Å²) >= 11 is 0. The molecule has 0 aromatic rings. The molecule has 0 bridgehead atoms. The lowest BCUT2D eigenvalue weighted by Gasteiger charge is -2.73. The Hall–Kier alpha value is -1.85. The third kappa shape index (κ3) is 4.67. The van der Waals surface area contributed by atoms with E-state index in [1.807, 2.05) is 0 Å².